The summed E-state index contributed by atoms with van der Waals surface area (Å²) in [5, 5.41) is 27.0. The lowest BCUT2D eigenvalue weighted by Gasteiger charge is -2.34. The molecule has 0 aromatic carbocycles. The van der Waals surface area contributed by atoms with Crippen molar-refractivity contribution in [3.8, 4) is 0 Å². The SMILES string of the molecule is CCP(O)C(CO)(CO)OCC1CCC(n2ncc3c(NC4CCCC4)nc(Cl)nc32)O1. The smallest absolute Gasteiger partial charge is 0.226 e. The van der Waals surface area contributed by atoms with Gasteiger partial charge in [0.2, 0.25) is 5.28 Å². The molecule has 0 radical (unpaired) electrons. The van der Waals surface area contributed by atoms with Crippen LogP contribution < -0.4 is 5.32 Å². The summed E-state index contributed by atoms with van der Waals surface area (Å²) in [5.74, 6) is 0.697. The molecule has 1 aliphatic carbocycles. The molecule has 178 valence electrons. The number of rotatable bonds is 10. The van der Waals surface area contributed by atoms with Crippen molar-refractivity contribution in [2.75, 3.05) is 31.3 Å². The predicted molar refractivity (Wildman–Crippen MR) is 122 cm³/mol. The van der Waals surface area contributed by atoms with E-state index in [9.17, 15) is 15.1 Å². The lowest BCUT2D eigenvalue weighted by atomic mass is 10.2. The number of ether oxygens (including phenoxy) is 2. The minimum Gasteiger partial charge on any atom is -0.393 e. The molecule has 1 saturated heterocycles. The van der Waals surface area contributed by atoms with Crippen molar-refractivity contribution in [1.29, 1.82) is 0 Å². The fourth-order valence-corrected chi connectivity index (χ4v) is 5.68. The van der Waals surface area contributed by atoms with Gasteiger partial charge in [0.15, 0.2) is 17.2 Å². The number of nitrogens with one attached hydrogen (secondary N) is 1. The van der Waals surface area contributed by atoms with Gasteiger partial charge < -0.3 is 29.9 Å². The van der Waals surface area contributed by atoms with Gasteiger partial charge in [-0.1, -0.05) is 19.8 Å². The number of aliphatic hydroxyl groups is 2. The first-order valence-corrected chi connectivity index (χ1v) is 13.0. The summed E-state index contributed by atoms with van der Waals surface area (Å²) < 4.78 is 13.7. The first kappa shape index (κ1) is 24.0. The number of anilines is 1. The molecule has 12 heteroatoms. The highest BCUT2D eigenvalue weighted by molar-refractivity contribution is 7.53. The molecule has 2 fully saturated rings. The maximum atomic E-state index is 10.2. The highest BCUT2D eigenvalue weighted by Crippen LogP contribution is 2.46. The van der Waals surface area contributed by atoms with Crippen LogP contribution in [0, 0.1) is 0 Å². The van der Waals surface area contributed by atoms with Crippen LogP contribution in [0.15, 0.2) is 6.20 Å². The monoisotopic (exact) mass is 487 g/mol. The zero-order valence-corrected chi connectivity index (χ0v) is 19.8. The van der Waals surface area contributed by atoms with Crippen LogP contribution in [-0.2, 0) is 9.47 Å². The van der Waals surface area contributed by atoms with E-state index in [1.165, 1.54) is 12.8 Å². The molecule has 3 heterocycles. The largest absolute Gasteiger partial charge is 0.393 e. The molecule has 2 aromatic heterocycles. The molecule has 3 atom stereocenters. The Hall–Kier alpha value is -1.13. The standard InChI is InChI=1S/C20H31ClN5O5P/c1-2-32(29)20(11-27,12-28)30-10-14-7-8-16(31-14)26-18-15(9-22-26)17(24-19(21)25-18)23-13-5-3-4-6-13/h9,13-14,16,27-29H,2-8,10-12H2,1H3,(H,23,24,25). The van der Waals surface area contributed by atoms with Crippen LogP contribution in [0.5, 0.6) is 0 Å². The molecule has 10 nitrogen and oxygen atoms in total. The van der Waals surface area contributed by atoms with Crippen LogP contribution in [0.4, 0.5) is 5.82 Å². The van der Waals surface area contributed by atoms with Gasteiger partial charge in [0.25, 0.3) is 0 Å². The van der Waals surface area contributed by atoms with Gasteiger partial charge in [0.1, 0.15) is 5.82 Å². The molecular formula is C20H31ClN5O5P. The minimum absolute atomic E-state index is 0.153. The van der Waals surface area contributed by atoms with Crippen LogP contribution in [0.3, 0.4) is 0 Å². The molecule has 4 rings (SSSR count). The second-order valence-corrected chi connectivity index (χ2v) is 11.0. The van der Waals surface area contributed by atoms with Gasteiger partial charge in [-0.2, -0.15) is 15.1 Å². The molecule has 1 saturated carbocycles. The maximum absolute atomic E-state index is 10.2. The third-order valence-electron chi connectivity index (χ3n) is 6.28. The molecule has 2 aliphatic rings. The van der Waals surface area contributed by atoms with Gasteiger partial charge >= 0.3 is 0 Å². The maximum Gasteiger partial charge on any atom is 0.226 e. The molecule has 0 bridgehead atoms. The second-order valence-electron chi connectivity index (χ2n) is 8.37. The molecule has 2 aromatic rings. The second kappa shape index (κ2) is 10.4. The van der Waals surface area contributed by atoms with E-state index >= 15 is 0 Å². The number of aromatic nitrogens is 4. The van der Waals surface area contributed by atoms with Crippen LogP contribution in [0.25, 0.3) is 11.0 Å². The van der Waals surface area contributed by atoms with Crippen molar-refractivity contribution >= 4 is 36.6 Å². The average molecular weight is 488 g/mol. The van der Waals surface area contributed by atoms with Gasteiger partial charge in [0, 0.05) is 6.04 Å². The highest BCUT2D eigenvalue weighted by atomic mass is 35.5. The number of hydrogen-bond donors (Lipinski definition) is 4. The van der Waals surface area contributed by atoms with Gasteiger partial charge in [-0.3, -0.25) is 0 Å². The minimum atomic E-state index is -1.66. The third kappa shape index (κ3) is 4.87. The molecule has 32 heavy (non-hydrogen) atoms. The lowest BCUT2D eigenvalue weighted by Crippen LogP contribution is -2.41. The van der Waals surface area contributed by atoms with Crippen molar-refractivity contribution < 1.29 is 24.6 Å². The number of halogens is 1. The van der Waals surface area contributed by atoms with Crippen molar-refractivity contribution in [3.63, 3.8) is 0 Å². The zero-order chi connectivity index (χ0) is 22.7. The number of hydrogen-bond acceptors (Lipinski definition) is 9. The topological polar surface area (TPSA) is 135 Å². The van der Waals surface area contributed by atoms with E-state index in [-0.39, 0.29) is 24.2 Å². The average Bonchev–Trinajstić information content (AvgIpc) is 3.55. The Kier molecular flexibility index (Phi) is 7.82. The van der Waals surface area contributed by atoms with Gasteiger partial charge in [-0.15, -0.1) is 0 Å². The number of nitrogens with zero attached hydrogens (tertiary/aromatic N) is 4. The zero-order valence-electron chi connectivity index (χ0n) is 18.2. The quantitative estimate of drug-likeness (QED) is 0.294. The van der Waals surface area contributed by atoms with Crippen LogP contribution in [-0.4, -0.2) is 78.3 Å². The van der Waals surface area contributed by atoms with Gasteiger partial charge in [-0.05, 0) is 43.4 Å². The fraction of sp³-hybridized carbons (Fsp3) is 0.750. The fourth-order valence-electron chi connectivity index (χ4n) is 4.39. The summed E-state index contributed by atoms with van der Waals surface area (Å²) in [4.78, 5) is 19.0. The van der Waals surface area contributed by atoms with Crippen LogP contribution in [0.2, 0.25) is 5.28 Å². The third-order valence-corrected chi connectivity index (χ3v) is 8.40. The summed E-state index contributed by atoms with van der Waals surface area (Å²) >= 11 is 6.22. The van der Waals surface area contributed by atoms with E-state index in [1.807, 2.05) is 0 Å². The van der Waals surface area contributed by atoms with E-state index in [2.05, 4.69) is 20.4 Å². The van der Waals surface area contributed by atoms with E-state index in [0.29, 0.717) is 36.5 Å². The first-order chi connectivity index (χ1) is 15.5. The van der Waals surface area contributed by atoms with Crippen molar-refractivity contribution in [1.82, 2.24) is 19.7 Å². The Labute approximate surface area is 193 Å². The van der Waals surface area contributed by atoms with E-state index in [0.717, 1.165) is 18.2 Å². The Balaban J connectivity index is 1.46. The molecule has 0 amide bonds. The van der Waals surface area contributed by atoms with E-state index in [4.69, 9.17) is 21.1 Å². The Morgan fingerprint density at radius 3 is 2.69 bits per heavy atom. The van der Waals surface area contributed by atoms with Crippen LogP contribution >= 0.6 is 19.7 Å². The number of fused-ring (bicyclic) bond motifs is 1. The normalized spacial score (nSPS) is 23.3. The van der Waals surface area contributed by atoms with Crippen LogP contribution in [0.1, 0.15) is 51.7 Å². The van der Waals surface area contributed by atoms with Gasteiger partial charge in [0.05, 0.1) is 45.7 Å². The lowest BCUT2D eigenvalue weighted by molar-refractivity contribution is -0.102. The molecule has 1 aliphatic heterocycles. The Bertz CT molecular complexity index is 908. The van der Waals surface area contributed by atoms with E-state index < -0.39 is 26.7 Å². The highest BCUT2D eigenvalue weighted by Gasteiger charge is 2.39. The molecular weight excluding hydrogens is 457 g/mol. The molecule has 4 N–H and O–H groups in total. The summed E-state index contributed by atoms with van der Waals surface area (Å²) in [6.07, 6.45) is 7.61. The predicted octanol–water partition coefficient (Wildman–Crippen LogP) is 2.62. The number of aliphatic hydroxyl groups excluding tert-OH is 2. The Morgan fingerprint density at radius 2 is 2.00 bits per heavy atom. The van der Waals surface area contributed by atoms with Crippen molar-refractivity contribution in [2.45, 2.75) is 69.2 Å². The first-order valence-electron chi connectivity index (χ1n) is 11.1. The van der Waals surface area contributed by atoms with E-state index in [1.54, 1.807) is 17.8 Å². The summed E-state index contributed by atoms with van der Waals surface area (Å²) in [5.41, 5.74) is 0.613. The molecule has 0 spiro atoms. The summed E-state index contributed by atoms with van der Waals surface area (Å²) in [7, 11) is -1.66. The summed E-state index contributed by atoms with van der Waals surface area (Å²) in [6, 6.07) is 0.384. The Morgan fingerprint density at radius 1 is 1.25 bits per heavy atom. The van der Waals surface area contributed by atoms with Crippen molar-refractivity contribution in [3.05, 3.63) is 11.5 Å². The molecule has 3 unspecified atom stereocenters. The summed E-state index contributed by atoms with van der Waals surface area (Å²) in [6.45, 7) is 1.04. The van der Waals surface area contributed by atoms with Gasteiger partial charge in [-0.25, -0.2) is 4.68 Å². The van der Waals surface area contributed by atoms with Crippen molar-refractivity contribution in [2.24, 2.45) is 0 Å².